The van der Waals surface area contributed by atoms with E-state index in [1.165, 1.54) is 25.7 Å². The van der Waals surface area contributed by atoms with Crippen LogP contribution in [0.5, 0.6) is 0 Å². The second kappa shape index (κ2) is 7.57. The van der Waals surface area contributed by atoms with Crippen molar-refractivity contribution in [1.29, 1.82) is 0 Å². The van der Waals surface area contributed by atoms with Gasteiger partial charge in [-0.2, -0.15) is 0 Å². The lowest BCUT2D eigenvalue weighted by Gasteiger charge is -2.44. The highest BCUT2D eigenvalue weighted by Gasteiger charge is 2.35. The summed E-state index contributed by atoms with van der Waals surface area (Å²) < 4.78 is 5.58. The fourth-order valence-corrected chi connectivity index (χ4v) is 4.71. The molecular weight excluding hydrogens is 352 g/mol. The van der Waals surface area contributed by atoms with Gasteiger partial charge < -0.3 is 14.6 Å². The molecule has 4 aliphatic heterocycles. The summed E-state index contributed by atoms with van der Waals surface area (Å²) in [5.41, 5.74) is 1.94. The lowest BCUT2D eigenvalue weighted by Crippen LogP contribution is -2.57. The Bertz CT molecular complexity index is 927. The van der Waals surface area contributed by atoms with Gasteiger partial charge in [-0.25, -0.2) is 4.98 Å². The number of furan rings is 1. The predicted molar refractivity (Wildman–Crippen MR) is 107 cm³/mol. The number of fused-ring (bicyclic) bond motifs is 4. The van der Waals surface area contributed by atoms with Crippen molar-refractivity contribution in [3.05, 3.63) is 29.8 Å². The summed E-state index contributed by atoms with van der Waals surface area (Å²) in [5.74, 6) is 6.95. The quantitative estimate of drug-likeness (QED) is 0.829. The number of piperidine rings is 3. The Balaban J connectivity index is 1.31. The first-order valence-electron chi connectivity index (χ1n) is 10.4. The van der Waals surface area contributed by atoms with E-state index >= 15 is 0 Å². The van der Waals surface area contributed by atoms with E-state index < -0.39 is 0 Å². The maximum atomic E-state index is 12.8. The molecule has 1 amide bonds. The number of aromatic nitrogens is 1. The molecule has 6 nitrogen and oxygen atoms in total. The summed E-state index contributed by atoms with van der Waals surface area (Å²) in [6.07, 6.45) is 8.18. The molecule has 6 heteroatoms. The van der Waals surface area contributed by atoms with E-state index in [4.69, 9.17) is 4.42 Å². The molecule has 1 N–H and O–H groups in total. The second-order valence-electron chi connectivity index (χ2n) is 8.22. The third-order valence-corrected chi connectivity index (χ3v) is 6.39. The Morgan fingerprint density at radius 1 is 1.25 bits per heavy atom. The average molecular weight is 378 g/mol. The summed E-state index contributed by atoms with van der Waals surface area (Å²) >= 11 is 0. The molecule has 2 aromatic heterocycles. The summed E-state index contributed by atoms with van der Waals surface area (Å²) in [6, 6.07) is 2.05. The van der Waals surface area contributed by atoms with Crippen LogP contribution in [0.4, 0.5) is 0 Å². The van der Waals surface area contributed by atoms with Gasteiger partial charge in [-0.3, -0.25) is 9.69 Å². The van der Waals surface area contributed by atoms with Crippen molar-refractivity contribution < 1.29 is 9.21 Å². The van der Waals surface area contributed by atoms with Crippen LogP contribution in [0.15, 0.2) is 22.9 Å². The zero-order valence-electron chi connectivity index (χ0n) is 16.1. The van der Waals surface area contributed by atoms with Crippen LogP contribution in [0, 0.1) is 17.8 Å². The Labute approximate surface area is 165 Å². The third kappa shape index (κ3) is 3.52. The summed E-state index contributed by atoms with van der Waals surface area (Å²) in [6.45, 7) is 6.33. The molecule has 2 bridgehead atoms. The molecule has 4 fully saturated rings. The predicted octanol–water partition coefficient (Wildman–Crippen LogP) is 2.10. The Hall–Kier alpha value is -2.36. The van der Waals surface area contributed by atoms with Gasteiger partial charge in [0.15, 0.2) is 5.58 Å². The second-order valence-corrected chi connectivity index (χ2v) is 8.22. The molecule has 0 aliphatic carbocycles. The summed E-state index contributed by atoms with van der Waals surface area (Å²) in [5, 5.41) is 4.07. The third-order valence-electron chi connectivity index (χ3n) is 6.39. The zero-order chi connectivity index (χ0) is 18.9. The minimum atomic E-state index is -0.0992. The number of nitrogens with one attached hydrogen (secondary N) is 1. The number of hydrogen-bond acceptors (Lipinski definition) is 5. The number of pyridine rings is 1. The Morgan fingerprint density at radius 3 is 2.82 bits per heavy atom. The van der Waals surface area contributed by atoms with E-state index in [1.807, 2.05) is 6.07 Å². The topological polar surface area (TPSA) is 61.6 Å². The van der Waals surface area contributed by atoms with Gasteiger partial charge in [0.25, 0.3) is 5.91 Å². The highest BCUT2D eigenvalue weighted by molar-refractivity contribution is 5.97. The number of carbonyl (C=O) groups is 1. The van der Waals surface area contributed by atoms with Crippen molar-refractivity contribution in [2.24, 2.45) is 5.92 Å². The highest BCUT2D eigenvalue weighted by atomic mass is 16.3. The van der Waals surface area contributed by atoms with Crippen molar-refractivity contribution >= 4 is 16.9 Å². The van der Waals surface area contributed by atoms with Crippen LogP contribution in [-0.2, 0) is 0 Å². The Morgan fingerprint density at radius 2 is 2.07 bits per heavy atom. The van der Waals surface area contributed by atoms with Crippen LogP contribution in [0.1, 0.15) is 41.7 Å². The molecule has 0 aromatic carbocycles. The van der Waals surface area contributed by atoms with Gasteiger partial charge in [0, 0.05) is 18.0 Å². The van der Waals surface area contributed by atoms with E-state index in [0.717, 1.165) is 50.2 Å². The summed E-state index contributed by atoms with van der Waals surface area (Å²) in [4.78, 5) is 21.9. The van der Waals surface area contributed by atoms with E-state index in [-0.39, 0.29) is 11.9 Å². The highest BCUT2D eigenvalue weighted by Crippen LogP contribution is 2.28. The first kappa shape index (κ1) is 17.7. The van der Waals surface area contributed by atoms with Gasteiger partial charge in [0.1, 0.15) is 12.0 Å². The molecule has 0 spiro atoms. The monoisotopic (exact) mass is 378 g/mol. The zero-order valence-corrected chi connectivity index (χ0v) is 16.1. The van der Waals surface area contributed by atoms with Crippen molar-refractivity contribution in [3.63, 3.8) is 0 Å². The van der Waals surface area contributed by atoms with Gasteiger partial charge >= 0.3 is 0 Å². The van der Waals surface area contributed by atoms with Crippen LogP contribution in [0.25, 0.3) is 11.0 Å². The average Bonchev–Trinajstić information content (AvgIpc) is 3.39. The first-order valence-corrected chi connectivity index (χ1v) is 10.4. The molecule has 4 aliphatic rings. The SMILES string of the molecule is O=C(N[C@H]1CN2CCC1CC2)c1cc2c(C#CCN3CCCC3)coc2cn1. The van der Waals surface area contributed by atoms with Crippen LogP contribution >= 0.6 is 0 Å². The molecular formula is C22H26N4O2. The number of likely N-dealkylation sites (tertiary alicyclic amines) is 1. The maximum absolute atomic E-state index is 12.8. The van der Waals surface area contributed by atoms with Crippen molar-refractivity contribution in [2.45, 2.75) is 31.7 Å². The van der Waals surface area contributed by atoms with Gasteiger partial charge in [-0.1, -0.05) is 11.8 Å². The smallest absolute Gasteiger partial charge is 0.270 e. The van der Waals surface area contributed by atoms with Gasteiger partial charge in [0.2, 0.25) is 0 Å². The van der Waals surface area contributed by atoms with Gasteiger partial charge in [-0.05, 0) is 63.8 Å². The molecule has 0 saturated carbocycles. The fraction of sp³-hybridized carbons (Fsp3) is 0.545. The molecule has 4 saturated heterocycles. The number of amides is 1. The largest absolute Gasteiger partial charge is 0.461 e. The molecule has 28 heavy (non-hydrogen) atoms. The van der Waals surface area contributed by atoms with E-state index in [1.54, 1.807) is 12.5 Å². The summed E-state index contributed by atoms with van der Waals surface area (Å²) in [7, 11) is 0. The number of hydrogen-bond donors (Lipinski definition) is 1. The number of nitrogens with zero attached hydrogens (tertiary/aromatic N) is 3. The molecule has 1 atom stereocenters. The minimum Gasteiger partial charge on any atom is -0.461 e. The van der Waals surface area contributed by atoms with Crippen LogP contribution < -0.4 is 5.32 Å². The minimum absolute atomic E-state index is 0.0992. The lowest BCUT2D eigenvalue weighted by atomic mass is 9.84. The Kier molecular flexibility index (Phi) is 4.79. The molecule has 6 heterocycles. The molecule has 146 valence electrons. The molecule has 0 unspecified atom stereocenters. The standard InChI is InChI=1S/C22H26N4O2/c27-22(24-20-14-26-10-5-16(20)6-11-26)19-12-18-17(15-28-21(18)13-23-19)4-3-9-25-7-1-2-8-25/h12-13,15-16,20H,1-2,5-11,14H2,(H,24,27)/t20-/m0/s1. The normalized spacial score (nSPS) is 26.9. The van der Waals surface area contributed by atoms with E-state index in [0.29, 0.717) is 17.2 Å². The number of carbonyl (C=O) groups excluding carboxylic acids is 1. The van der Waals surface area contributed by atoms with Crippen molar-refractivity contribution in [1.82, 2.24) is 20.1 Å². The van der Waals surface area contributed by atoms with Crippen molar-refractivity contribution in [3.8, 4) is 11.8 Å². The van der Waals surface area contributed by atoms with E-state index in [9.17, 15) is 4.79 Å². The van der Waals surface area contributed by atoms with Gasteiger partial charge in [0.05, 0.1) is 18.3 Å². The lowest BCUT2D eigenvalue weighted by molar-refractivity contribution is 0.0618. The first-order chi connectivity index (χ1) is 13.8. The maximum Gasteiger partial charge on any atom is 0.270 e. The van der Waals surface area contributed by atoms with E-state index in [2.05, 4.69) is 31.9 Å². The number of rotatable bonds is 3. The fourth-order valence-electron chi connectivity index (χ4n) is 4.71. The molecule has 2 aromatic rings. The molecule has 6 rings (SSSR count). The van der Waals surface area contributed by atoms with Crippen LogP contribution in [0.2, 0.25) is 0 Å². The van der Waals surface area contributed by atoms with Crippen molar-refractivity contribution in [2.75, 3.05) is 39.3 Å². The molecule has 0 radical (unpaired) electrons. The van der Waals surface area contributed by atoms with Crippen LogP contribution in [-0.4, -0.2) is 66.0 Å². The van der Waals surface area contributed by atoms with Crippen LogP contribution in [0.3, 0.4) is 0 Å². The van der Waals surface area contributed by atoms with Gasteiger partial charge in [-0.15, -0.1) is 0 Å².